The third-order valence-corrected chi connectivity index (χ3v) is 4.42. The third-order valence-electron chi connectivity index (χ3n) is 4.18. The van der Waals surface area contributed by atoms with Crippen LogP contribution in [-0.4, -0.2) is 52.8 Å². The smallest absolute Gasteiger partial charge is 0.255 e. The fourth-order valence-corrected chi connectivity index (χ4v) is 3.05. The maximum Gasteiger partial charge on any atom is 0.255 e. The summed E-state index contributed by atoms with van der Waals surface area (Å²) in [6.45, 7) is 3.96. The van der Waals surface area contributed by atoms with Crippen molar-refractivity contribution in [3.8, 4) is 0 Å². The summed E-state index contributed by atoms with van der Waals surface area (Å²) in [5.74, 6) is -0.0597. The van der Waals surface area contributed by atoms with Crippen LogP contribution < -0.4 is 0 Å². The Balaban J connectivity index is 1.64. The summed E-state index contributed by atoms with van der Waals surface area (Å²) in [7, 11) is 0. The minimum atomic E-state index is -0.0436. The van der Waals surface area contributed by atoms with E-state index >= 15 is 0 Å². The van der Waals surface area contributed by atoms with E-state index in [-0.39, 0.29) is 11.8 Å². The van der Waals surface area contributed by atoms with E-state index in [2.05, 4.69) is 4.98 Å². The highest BCUT2D eigenvalue weighted by Gasteiger charge is 2.26. The van der Waals surface area contributed by atoms with Gasteiger partial charge in [-0.25, -0.2) is 0 Å². The van der Waals surface area contributed by atoms with Gasteiger partial charge in [-0.05, 0) is 42.8 Å². The lowest BCUT2D eigenvalue weighted by Crippen LogP contribution is -2.50. The molecule has 0 spiro atoms. The minimum absolute atomic E-state index is 0.0161. The number of aromatic nitrogens is 1. The SMILES string of the molecule is Cc1cc(Cl)ccc1C(=O)N1CCN(C(=O)c2cccnc2)CC1. The molecule has 1 aromatic carbocycles. The average Bonchev–Trinajstić information content (AvgIpc) is 2.61. The maximum atomic E-state index is 12.6. The second-order valence-corrected chi connectivity index (χ2v) is 6.22. The lowest BCUT2D eigenvalue weighted by molar-refractivity contribution is 0.0535. The van der Waals surface area contributed by atoms with Crippen LogP contribution >= 0.6 is 11.6 Å². The lowest BCUT2D eigenvalue weighted by Gasteiger charge is -2.35. The highest BCUT2D eigenvalue weighted by Crippen LogP contribution is 2.18. The first-order valence-corrected chi connectivity index (χ1v) is 8.19. The van der Waals surface area contributed by atoms with Crippen molar-refractivity contribution in [1.82, 2.24) is 14.8 Å². The predicted molar refractivity (Wildman–Crippen MR) is 92.2 cm³/mol. The number of aryl methyl sites for hydroxylation is 1. The van der Waals surface area contributed by atoms with E-state index in [9.17, 15) is 9.59 Å². The molecule has 2 aromatic rings. The Hall–Kier alpha value is -2.40. The number of rotatable bonds is 2. The second-order valence-electron chi connectivity index (χ2n) is 5.79. The van der Waals surface area contributed by atoms with Crippen molar-refractivity contribution in [3.63, 3.8) is 0 Å². The van der Waals surface area contributed by atoms with Crippen molar-refractivity contribution < 1.29 is 9.59 Å². The van der Waals surface area contributed by atoms with Gasteiger partial charge in [0.15, 0.2) is 0 Å². The van der Waals surface area contributed by atoms with Gasteiger partial charge in [0.2, 0.25) is 0 Å². The number of hydrogen-bond acceptors (Lipinski definition) is 3. The van der Waals surface area contributed by atoms with E-state index in [1.165, 1.54) is 0 Å². The molecule has 2 heterocycles. The van der Waals surface area contributed by atoms with Crippen molar-refractivity contribution in [1.29, 1.82) is 0 Å². The van der Waals surface area contributed by atoms with E-state index in [0.29, 0.717) is 42.3 Å². The number of carbonyl (C=O) groups is 2. The van der Waals surface area contributed by atoms with E-state index in [4.69, 9.17) is 11.6 Å². The Labute approximate surface area is 145 Å². The normalized spacial score (nSPS) is 14.6. The standard InChI is InChI=1S/C18H18ClN3O2/c1-13-11-15(19)4-5-16(13)18(24)22-9-7-21(8-10-22)17(23)14-3-2-6-20-12-14/h2-6,11-12H,7-10H2,1H3. The fourth-order valence-electron chi connectivity index (χ4n) is 2.82. The molecule has 0 aliphatic carbocycles. The molecule has 1 aliphatic heterocycles. The van der Waals surface area contributed by atoms with Crippen molar-refractivity contribution in [3.05, 3.63) is 64.4 Å². The van der Waals surface area contributed by atoms with Crippen LogP contribution in [0.4, 0.5) is 0 Å². The first-order valence-electron chi connectivity index (χ1n) is 7.81. The highest BCUT2D eigenvalue weighted by atomic mass is 35.5. The van der Waals surface area contributed by atoms with E-state index in [1.54, 1.807) is 52.5 Å². The zero-order valence-electron chi connectivity index (χ0n) is 13.4. The number of benzene rings is 1. The Morgan fingerprint density at radius 2 is 1.71 bits per heavy atom. The molecule has 0 N–H and O–H groups in total. The zero-order valence-corrected chi connectivity index (χ0v) is 14.2. The molecule has 0 unspecified atom stereocenters. The molecule has 24 heavy (non-hydrogen) atoms. The second kappa shape index (κ2) is 7.01. The number of hydrogen-bond donors (Lipinski definition) is 0. The van der Waals surface area contributed by atoms with Gasteiger partial charge in [-0.1, -0.05) is 11.6 Å². The number of nitrogens with zero attached hydrogens (tertiary/aromatic N) is 3. The molecule has 5 nitrogen and oxygen atoms in total. The summed E-state index contributed by atoms with van der Waals surface area (Å²) < 4.78 is 0. The first-order chi connectivity index (χ1) is 11.6. The molecule has 1 aliphatic rings. The fraction of sp³-hybridized carbons (Fsp3) is 0.278. The van der Waals surface area contributed by atoms with Crippen LogP contribution in [0.3, 0.4) is 0 Å². The van der Waals surface area contributed by atoms with Crippen LogP contribution in [0.15, 0.2) is 42.7 Å². The van der Waals surface area contributed by atoms with Gasteiger partial charge in [0.25, 0.3) is 11.8 Å². The van der Waals surface area contributed by atoms with Crippen LogP contribution in [0.5, 0.6) is 0 Å². The number of amides is 2. The molecular weight excluding hydrogens is 326 g/mol. The van der Waals surface area contributed by atoms with Crippen molar-refractivity contribution in [2.75, 3.05) is 26.2 Å². The minimum Gasteiger partial charge on any atom is -0.335 e. The van der Waals surface area contributed by atoms with Gasteiger partial charge in [-0.2, -0.15) is 0 Å². The van der Waals surface area contributed by atoms with Gasteiger partial charge in [-0.15, -0.1) is 0 Å². The number of piperazine rings is 1. The molecule has 0 saturated carbocycles. The Morgan fingerprint density at radius 3 is 2.29 bits per heavy atom. The van der Waals surface area contributed by atoms with Gasteiger partial charge in [0, 0.05) is 49.2 Å². The summed E-state index contributed by atoms with van der Waals surface area (Å²) in [4.78, 5) is 32.6. The molecule has 0 bridgehead atoms. The number of carbonyl (C=O) groups excluding carboxylic acids is 2. The molecule has 1 aromatic heterocycles. The van der Waals surface area contributed by atoms with Gasteiger partial charge >= 0.3 is 0 Å². The number of halogens is 1. The van der Waals surface area contributed by atoms with Gasteiger partial charge < -0.3 is 9.80 Å². The van der Waals surface area contributed by atoms with Crippen LogP contribution in [0.1, 0.15) is 26.3 Å². The highest BCUT2D eigenvalue weighted by molar-refractivity contribution is 6.30. The Bertz CT molecular complexity index is 756. The van der Waals surface area contributed by atoms with Crippen LogP contribution in [0.2, 0.25) is 5.02 Å². The molecule has 1 saturated heterocycles. The summed E-state index contributed by atoms with van der Waals surface area (Å²) >= 11 is 5.95. The molecule has 1 fully saturated rings. The van der Waals surface area contributed by atoms with Crippen LogP contribution in [0.25, 0.3) is 0 Å². The van der Waals surface area contributed by atoms with Gasteiger partial charge in [-0.3, -0.25) is 14.6 Å². The van der Waals surface area contributed by atoms with Gasteiger partial charge in [0.05, 0.1) is 5.56 Å². The Kier molecular flexibility index (Phi) is 4.81. The summed E-state index contributed by atoms with van der Waals surface area (Å²) in [5.41, 5.74) is 2.10. The van der Waals surface area contributed by atoms with Crippen molar-refractivity contribution in [2.45, 2.75) is 6.92 Å². The molecule has 3 rings (SSSR count). The summed E-state index contributed by atoms with van der Waals surface area (Å²) in [6.07, 6.45) is 3.21. The van der Waals surface area contributed by atoms with Crippen molar-refractivity contribution in [2.24, 2.45) is 0 Å². The van der Waals surface area contributed by atoms with Crippen LogP contribution in [-0.2, 0) is 0 Å². The monoisotopic (exact) mass is 343 g/mol. The van der Waals surface area contributed by atoms with E-state index in [1.807, 2.05) is 6.92 Å². The van der Waals surface area contributed by atoms with Gasteiger partial charge in [0.1, 0.15) is 0 Å². The first kappa shape index (κ1) is 16.5. The number of pyridine rings is 1. The molecule has 6 heteroatoms. The maximum absolute atomic E-state index is 12.6. The average molecular weight is 344 g/mol. The predicted octanol–water partition coefficient (Wildman–Crippen LogP) is 2.64. The largest absolute Gasteiger partial charge is 0.335 e. The molecule has 0 atom stereocenters. The van der Waals surface area contributed by atoms with Crippen molar-refractivity contribution >= 4 is 23.4 Å². The summed E-state index contributed by atoms with van der Waals surface area (Å²) in [5, 5.41) is 0.621. The topological polar surface area (TPSA) is 53.5 Å². The van der Waals surface area contributed by atoms with Crippen LogP contribution in [0, 0.1) is 6.92 Å². The molecular formula is C18H18ClN3O2. The van der Waals surface area contributed by atoms with E-state index < -0.39 is 0 Å². The third kappa shape index (κ3) is 3.41. The molecule has 0 radical (unpaired) electrons. The molecule has 2 amide bonds. The lowest BCUT2D eigenvalue weighted by atomic mass is 10.1. The van der Waals surface area contributed by atoms with E-state index in [0.717, 1.165) is 5.56 Å². The Morgan fingerprint density at radius 1 is 1.04 bits per heavy atom. The zero-order chi connectivity index (χ0) is 17.1. The summed E-state index contributed by atoms with van der Waals surface area (Å²) in [6, 6.07) is 8.77. The quantitative estimate of drug-likeness (QED) is 0.842. The molecule has 124 valence electrons.